The van der Waals surface area contributed by atoms with E-state index in [-0.39, 0.29) is 11.2 Å². The molecule has 2 aromatic carbocycles. The highest BCUT2D eigenvalue weighted by Gasteiger charge is 2.13. The number of rotatable bonds is 3. The molecule has 2 rings (SSSR count). The number of hydrogen-bond acceptors (Lipinski definition) is 0. The molecule has 0 heterocycles. The molecule has 0 amide bonds. The van der Waals surface area contributed by atoms with E-state index in [9.17, 15) is 4.39 Å². The second-order valence-electron chi connectivity index (χ2n) is 4.18. The van der Waals surface area contributed by atoms with Gasteiger partial charge >= 0.3 is 0 Å². The van der Waals surface area contributed by atoms with E-state index in [1.165, 1.54) is 6.07 Å². The summed E-state index contributed by atoms with van der Waals surface area (Å²) in [6.07, 6.45) is 0.641. The highest BCUT2D eigenvalue weighted by Crippen LogP contribution is 2.27. The molecule has 0 saturated heterocycles. The third-order valence-electron chi connectivity index (χ3n) is 2.75. The fourth-order valence-corrected chi connectivity index (χ4v) is 2.17. The molecule has 0 nitrogen and oxygen atoms in total. The summed E-state index contributed by atoms with van der Waals surface area (Å²) in [4.78, 5) is 0. The van der Waals surface area contributed by atoms with Crippen LogP contribution in [0.3, 0.4) is 0 Å². The Bertz CT molecular complexity index is 494. The van der Waals surface area contributed by atoms with Crippen LogP contribution in [0.2, 0.25) is 0 Å². The maximum Gasteiger partial charge on any atom is 0.128 e. The average Bonchev–Trinajstić information content (AvgIpc) is 2.30. The van der Waals surface area contributed by atoms with Crippen molar-refractivity contribution < 1.29 is 4.39 Å². The van der Waals surface area contributed by atoms with Crippen molar-refractivity contribution in [1.82, 2.24) is 0 Å². The van der Waals surface area contributed by atoms with E-state index in [1.54, 1.807) is 6.07 Å². The molecule has 0 aliphatic carbocycles. The first-order valence-corrected chi connectivity index (χ1v) is 6.04. The van der Waals surface area contributed by atoms with Crippen LogP contribution in [-0.4, -0.2) is 0 Å². The number of alkyl halides is 1. The summed E-state index contributed by atoms with van der Waals surface area (Å²) in [6.45, 7) is 1.87. The van der Waals surface area contributed by atoms with Crippen molar-refractivity contribution in [3.63, 3.8) is 0 Å². The van der Waals surface area contributed by atoms with Gasteiger partial charge < -0.3 is 0 Å². The van der Waals surface area contributed by atoms with Crippen molar-refractivity contribution in [2.24, 2.45) is 0 Å². The Labute approximate surface area is 106 Å². The molecule has 2 aromatic rings. The zero-order valence-electron chi connectivity index (χ0n) is 9.66. The molecule has 0 fully saturated rings. The molecule has 0 bridgehead atoms. The minimum absolute atomic E-state index is 0.221. The van der Waals surface area contributed by atoms with Crippen LogP contribution in [-0.2, 0) is 6.42 Å². The lowest BCUT2D eigenvalue weighted by Gasteiger charge is -2.11. The van der Waals surface area contributed by atoms with E-state index in [0.717, 1.165) is 11.1 Å². The predicted octanol–water partition coefficient (Wildman–Crippen LogP) is 4.66. The minimum Gasteiger partial charge on any atom is -0.207 e. The molecule has 1 unspecified atom stereocenters. The van der Waals surface area contributed by atoms with Crippen molar-refractivity contribution in [1.29, 1.82) is 0 Å². The molecule has 0 radical (unpaired) electrons. The van der Waals surface area contributed by atoms with E-state index in [1.807, 2.05) is 43.3 Å². The topological polar surface area (TPSA) is 0 Å². The van der Waals surface area contributed by atoms with Crippen LogP contribution in [0.1, 0.15) is 22.1 Å². The second kappa shape index (κ2) is 5.33. The molecule has 17 heavy (non-hydrogen) atoms. The molecule has 0 N–H and O–H groups in total. The van der Waals surface area contributed by atoms with Crippen LogP contribution in [0.4, 0.5) is 4.39 Å². The quantitative estimate of drug-likeness (QED) is 0.694. The zero-order valence-corrected chi connectivity index (χ0v) is 10.4. The van der Waals surface area contributed by atoms with E-state index >= 15 is 0 Å². The summed E-state index contributed by atoms with van der Waals surface area (Å²) in [6, 6.07) is 15.1. The molecular formula is C15H14ClF. The van der Waals surface area contributed by atoms with E-state index < -0.39 is 0 Å². The first kappa shape index (κ1) is 12.1. The third-order valence-corrected chi connectivity index (χ3v) is 3.14. The first-order valence-electron chi connectivity index (χ1n) is 5.61. The lowest BCUT2D eigenvalue weighted by molar-refractivity contribution is 0.604. The van der Waals surface area contributed by atoms with Gasteiger partial charge in [0.2, 0.25) is 0 Å². The van der Waals surface area contributed by atoms with Crippen molar-refractivity contribution >= 4 is 11.6 Å². The summed E-state index contributed by atoms with van der Waals surface area (Å²) >= 11 is 6.26. The van der Waals surface area contributed by atoms with Crippen molar-refractivity contribution in [3.8, 4) is 0 Å². The average molecular weight is 249 g/mol. The first-order chi connectivity index (χ1) is 8.16. The van der Waals surface area contributed by atoms with Crippen molar-refractivity contribution in [3.05, 3.63) is 71.0 Å². The molecule has 1 atom stereocenters. The van der Waals surface area contributed by atoms with E-state index in [4.69, 9.17) is 11.6 Å². The Morgan fingerprint density at radius 3 is 2.47 bits per heavy atom. The van der Waals surface area contributed by atoms with E-state index in [2.05, 4.69) is 0 Å². The van der Waals surface area contributed by atoms with Gasteiger partial charge in [0.1, 0.15) is 5.82 Å². The van der Waals surface area contributed by atoms with Gasteiger partial charge in [0.25, 0.3) is 0 Å². The Morgan fingerprint density at radius 2 is 1.82 bits per heavy atom. The molecule has 0 spiro atoms. The van der Waals surface area contributed by atoms with Gasteiger partial charge in [-0.15, -0.1) is 11.6 Å². The van der Waals surface area contributed by atoms with E-state index in [0.29, 0.717) is 12.0 Å². The van der Waals surface area contributed by atoms with Gasteiger partial charge in [0.15, 0.2) is 0 Å². The maximum atomic E-state index is 13.7. The number of halogens is 2. The molecule has 88 valence electrons. The standard InChI is InChI=1S/C15H14ClF/c1-11-7-8-13(15(17)9-11)14(16)10-12-5-3-2-4-6-12/h2-9,14H,10H2,1H3. The van der Waals surface area contributed by atoms with Crippen LogP contribution >= 0.6 is 11.6 Å². The van der Waals surface area contributed by atoms with Crippen LogP contribution < -0.4 is 0 Å². The van der Waals surface area contributed by atoms with Gasteiger partial charge in [0, 0.05) is 5.56 Å². The molecule has 0 aromatic heterocycles. The summed E-state index contributed by atoms with van der Waals surface area (Å²) < 4.78 is 13.7. The van der Waals surface area contributed by atoms with Crippen LogP contribution in [0, 0.1) is 12.7 Å². The van der Waals surface area contributed by atoms with Gasteiger partial charge in [-0.3, -0.25) is 0 Å². The van der Waals surface area contributed by atoms with Gasteiger partial charge in [-0.2, -0.15) is 0 Å². The maximum absolute atomic E-state index is 13.7. The smallest absolute Gasteiger partial charge is 0.128 e. The monoisotopic (exact) mass is 248 g/mol. The van der Waals surface area contributed by atoms with Crippen LogP contribution in [0.25, 0.3) is 0 Å². The molecule has 0 aliphatic rings. The fraction of sp³-hybridized carbons (Fsp3) is 0.200. The Hall–Kier alpha value is -1.34. The normalized spacial score (nSPS) is 12.4. The van der Waals surface area contributed by atoms with Crippen LogP contribution in [0.5, 0.6) is 0 Å². The lowest BCUT2D eigenvalue weighted by atomic mass is 10.0. The molecule has 0 saturated carbocycles. The highest BCUT2D eigenvalue weighted by atomic mass is 35.5. The van der Waals surface area contributed by atoms with Gasteiger partial charge in [-0.25, -0.2) is 4.39 Å². The largest absolute Gasteiger partial charge is 0.207 e. The Morgan fingerprint density at radius 1 is 1.12 bits per heavy atom. The SMILES string of the molecule is Cc1ccc(C(Cl)Cc2ccccc2)c(F)c1. The number of benzene rings is 2. The Kier molecular flexibility index (Phi) is 3.80. The number of hydrogen-bond donors (Lipinski definition) is 0. The summed E-state index contributed by atoms with van der Waals surface area (Å²) in [5.41, 5.74) is 2.60. The number of aryl methyl sites for hydroxylation is 1. The zero-order chi connectivity index (χ0) is 12.3. The summed E-state index contributed by atoms with van der Waals surface area (Å²) in [5, 5.41) is -0.321. The van der Waals surface area contributed by atoms with Gasteiger partial charge in [-0.05, 0) is 30.5 Å². The van der Waals surface area contributed by atoms with Crippen molar-refractivity contribution in [2.45, 2.75) is 18.7 Å². The predicted molar refractivity (Wildman–Crippen MR) is 69.9 cm³/mol. The fourth-order valence-electron chi connectivity index (χ4n) is 1.82. The molecule has 0 aliphatic heterocycles. The lowest BCUT2D eigenvalue weighted by Crippen LogP contribution is -1.99. The van der Waals surface area contributed by atoms with Crippen molar-refractivity contribution in [2.75, 3.05) is 0 Å². The molecule has 2 heteroatoms. The summed E-state index contributed by atoms with van der Waals surface area (Å²) in [7, 11) is 0. The van der Waals surface area contributed by atoms with Crippen LogP contribution in [0.15, 0.2) is 48.5 Å². The minimum atomic E-state index is -0.321. The van der Waals surface area contributed by atoms with Gasteiger partial charge in [0.05, 0.1) is 5.38 Å². The van der Waals surface area contributed by atoms with Gasteiger partial charge in [-0.1, -0.05) is 42.5 Å². The third kappa shape index (κ3) is 3.07. The molecular weight excluding hydrogens is 235 g/mol. The second-order valence-corrected chi connectivity index (χ2v) is 4.71. The Balaban J connectivity index is 2.17. The summed E-state index contributed by atoms with van der Waals surface area (Å²) in [5.74, 6) is -0.221. The highest BCUT2D eigenvalue weighted by molar-refractivity contribution is 6.20.